The standard InChI is InChI=1S/C19H28N2O2/c22-18(10-9-17-8-7-15-23-17)20-16-19(11-3-1-4-12-19)21-13-5-2-6-14-21/h7-10,15H,1-6,11-14,16H2,(H,20,22)/b10-9+. The molecule has 2 heterocycles. The molecule has 1 aromatic rings. The summed E-state index contributed by atoms with van der Waals surface area (Å²) < 4.78 is 5.22. The van der Waals surface area contributed by atoms with Gasteiger partial charge in [-0.1, -0.05) is 25.7 Å². The summed E-state index contributed by atoms with van der Waals surface area (Å²) in [7, 11) is 0. The first kappa shape index (κ1) is 16.3. The first-order chi connectivity index (χ1) is 11.3. The van der Waals surface area contributed by atoms with E-state index in [0.717, 1.165) is 6.54 Å². The quantitative estimate of drug-likeness (QED) is 0.844. The van der Waals surface area contributed by atoms with Gasteiger partial charge in [-0.3, -0.25) is 9.69 Å². The third-order valence-electron chi connectivity index (χ3n) is 5.34. The Morgan fingerprint density at radius 3 is 2.61 bits per heavy atom. The topological polar surface area (TPSA) is 45.5 Å². The van der Waals surface area contributed by atoms with E-state index < -0.39 is 0 Å². The average molecular weight is 316 g/mol. The summed E-state index contributed by atoms with van der Waals surface area (Å²) >= 11 is 0. The van der Waals surface area contributed by atoms with Crippen molar-refractivity contribution >= 4 is 12.0 Å². The van der Waals surface area contributed by atoms with E-state index in [4.69, 9.17) is 4.42 Å². The van der Waals surface area contributed by atoms with Crippen LogP contribution in [0.3, 0.4) is 0 Å². The van der Waals surface area contributed by atoms with E-state index in [0.29, 0.717) is 5.76 Å². The van der Waals surface area contributed by atoms with Gasteiger partial charge in [0.1, 0.15) is 5.76 Å². The normalized spacial score (nSPS) is 22.3. The van der Waals surface area contributed by atoms with E-state index in [1.54, 1.807) is 18.4 Å². The minimum atomic E-state index is -0.0247. The summed E-state index contributed by atoms with van der Waals surface area (Å²) in [5, 5.41) is 3.14. The molecule has 1 aliphatic heterocycles. The lowest BCUT2D eigenvalue weighted by Gasteiger charge is -2.48. The third kappa shape index (κ3) is 4.25. The Morgan fingerprint density at radius 1 is 1.17 bits per heavy atom. The maximum atomic E-state index is 12.1. The maximum absolute atomic E-state index is 12.1. The van der Waals surface area contributed by atoms with Crippen molar-refractivity contribution in [3.63, 3.8) is 0 Å². The predicted octanol–water partition coefficient (Wildman–Crippen LogP) is 3.60. The van der Waals surface area contributed by atoms with Gasteiger partial charge in [0, 0.05) is 18.2 Å². The minimum absolute atomic E-state index is 0.0247. The van der Waals surface area contributed by atoms with Crippen LogP contribution >= 0.6 is 0 Å². The number of nitrogens with one attached hydrogen (secondary N) is 1. The molecule has 1 saturated heterocycles. The molecular formula is C19H28N2O2. The fraction of sp³-hybridized carbons (Fsp3) is 0.632. The molecule has 0 atom stereocenters. The molecule has 0 unspecified atom stereocenters. The Hall–Kier alpha value is -1.55. The van der Waals surface area contributed by atoms with Crippen molar-refractivity contribution in [1.29, 1.82) is 0 Å². The van der Waals surface area contributed by atoms with Crippen LogP contribution in [0, 0.1) is 0 Å². The van der Waals surface area contributed by atoms with E-state index in [1.165, 1.54) is 64.5 Å². The molecule has 0 spiro atoms. The number of carbonyl (C=O) groups is 1. The molecule has 1 saturated carbocycles. The fourth-order valence-electron chi connectivity index (χ4n) is 4.04. The number of hydrogen-bond acceptors (Lipinski definition) is 3. The van der Waals surface area contributed by atoms with Crippen molar-refractivity contribution in [2.75, 3.05) is 19.6 Å². The van der Waals surface area contributed by atoms with Gasteiger partial charge in [0.25, 0.3) is 0 Å². The molecule has 126 valence electrons. The lowest BCUT2D eigenvalue weighted by molar-refractivity contribution is -0.117. The van der Waals surface area contributed by atoms with Crippen molar-refractivity contribution in [2.24, 2.45) is 0 Å². The molecule has 3 rings (SSSR count). The zero-order chi connectivity index (χ0) is 16.0. The highest BCUT2D eigenvalue weighted by Gasteiger charge is 2.38. The van der Waals surface area contributed by atoms with Gasteiger partial charge in [0.15, 0.2) is 0 Å². The van der Waals surface area contributed by atoms with Crippen LogP contribution in [-0.2, 0) is 4.79 Å². The summed E-state index contributed by atoms with van der Waals surface area (Å²) in [6.45, 7) is 3.16. The minimum Gasteiger partial charge on any atom is -0.465 e. The van der Waals surface area contributed by atoms with Crippen LogP contribution in [0.25, 0.3) is 6.08 Å². The Kier molecular flexibility index (Phi) is 5.55. The second kappa shape index (κ2) is 7.82. The monoisotopic (exact) mass is 316 g/mol. The molecule has 2 aliphatic rings. The van der Waals surface area contributed by atoms with E-state index >= 15 is 0 Å². The SMILES string of the molecule is O=C(/C=C/c1ccco1)NCC1(N2CCCCC2)CCCCC1. The van der Waals surface area contributed by atoms with Crippen LogP contribution < -0.4 is 5.32 Å². The molecule has 0 radical (unpaired) electrons. The van der Waals surface area contributed by atoms with Crippen LogP contribution in [0.15, 0.2) is 28.9 Å². The number of piperidine rings is 1. The summed E-state index contributed by atoms with van der Waals surface area (Å²) in [5.41, 5.74) is 0.187. The Bertz CT molecular complexity index is 509. The third-order valence-corrected chi connectivity index (χ3v) is 5.34. The Balaban J connectivity index is 1.58. The van der Waals surface area contributed by atoms with E-state index in [9.17, 15) is 4.79 Å². The molecule has 4 heteroatoms. The number of rotatable bonds is 5. The van der Waals surface area contributed by atoms with Gasteiger partial charge in [0.05, 0.1) is 6.26 Å². The summed E-state index contributed by atoms with van der Waals surface area (Å²) in [6.07, 6.45) is 15.2. The highest BCUT2D eigenvalue weighted by Crippen LogP contribution is 2.35. The number of furan rings is 1. The van der Waals surface area contributed by atoms with Gasteiger partial charge in [-0.2, -0.15) is 0 Å². The predicted molar refractivity (Wildman–Crippen MR) is 92.0 cm³/mol. The van der Waals surface area contributed by atoms with Gasteiger partial charge in [-0.15, -0.1) is 0 Å². The van der Waals surface area contributed by atoms with Crippen molar-refractivity contribution in [3.8, 4) is 0 Å². The molecule has 1 aromatic heterocycles. The molecule has 1 aliphatic carbocycles. The molecule has 1 N–H and O–H groups in total. The molecule has 0 aromatic carbocycles. The number of hydrogen-bond donors (Lipinski definition) is 1. The summed E-state index contributed by atoms with van der Waals surface area (Å²) in [5.74, 6) is 0.687. The van der Waals surface area contributed by atoms with Gasteiger partial charge >= 0.3 is 0 Å². The molecule has 23 heavy (non-hydrogen) atoms. The van der Waals surface area contributed by atoms with E-state index in [2.05, 4.69) is 10.2 Å². The lowest BCUT2D eigenvalue weighted by atomic mass is 9.79. The van der Waals surface area contributed by atoms with Crippen molar-refractivity contribution in [2.45, 2.75) is 56.9 Å². The number of carbonyl (C=O) groups excluding carboxylic acids is 1. The zero-order valence-electron chi connectivity index (χ0n) is 13.9. The highest BCUT2D eigenvalue weighted by molar-refractivity contribution is 5.91. The Labute approximate surface area is 138 Å². The van der Waals surface area contributed by atoms with Crippen molar-refractivity contribution in [1.82, 2.24) is 10.2 Å². The van der Waals surface area contributed by atoms with Crippen molar-refractivity contribution in [3.05, 3.63) is 30.2 Å². The van der Waals surface area contributed by atoms with Crippen LogP contribution in [-0.4, -0.2) is 36.0 Å². The second-order valence-electron chi connectivity index (χ2n) is 6.90. The molecule has 2 fully saturated rings. The van der Waals surface area contributed by atoms with Crippen LogP contribution in [0.5, 0.6) is 0 Å². The number of nitrogens with zero attached hydrogens (tertiary/aromatic N) is 1. The molecule has 1 amide bonds. The second-order valence-corrected chi connectivity index (χ2v) is 6.90. The Morgan fingerprint density at radius 2 is 1.91 bits per heavy atom. The smallest absolute Gasteiger partial charge is 0.244 e. The van der Waals surface area contributed by atoms with Crippen LogP contribution in [0.4, 0.5) is 0 Å². The summed E-state index contributed by atoms with van der Waals surface area (Å²) in [6, 6.07) is 3.67. The van der Waals surface area contributed by atoms with Crippen LogP contribution in [0.2, 0.25) is 0 Å². The van der Waals surface area contributed by atoms with Gasteiger partial charge in [0.2, 0.25) is 5.91 Å². The first-order valence-corrected chi connectivity index (χ1v) is 9.03. The maximum Gasteiger partial charge on any atom is 0.244 e. The molecule has 0 bridgehead atoms. The number of likely N-dealkylation sites (tertiary alicyclic amines) is 1. The largest absolute Gasteiger partial charge is 0.465 e. The average Bonchev–Trinajstić information content (AvgIpc) is 3.13. The van der Waals surface area contributed by atoms with Gasteiger partial charge in [-0.25, -0.2) is 0 Å². The first-order valence-electron chi connectivity index (χ1n) is 9.03. The molecule has 4 nitrogen and oxygen atoms in total. The van der Waals surface area contributed by atoms with Crippen molar-refractivity contribution < 1.29 is 9.21 Å². The van der Waals surface area contributed by atoms with Crippen LogP contribution in [0.1, 0.15) is 57.1 Å². The van der Waals surface area contributed by atoms with Gasteiger partial charge < -0.3 is 9.73 Å². The number of amides is 1. The molecular weight excluding hydrogens is 288 g/mol. The van der Waals surface area contributed by atoms with E-state index in [-0.39, 0.29) is 11.4 Å². The lowest BCUT2D eigenvalue weighted by Crippen LogP contribution is -2.58. The zero-order valence-corrected chi connectivity index (χ0v) is 13.9. The fourth-order valence-corrected chi connectivity index (χ4v) is 4.04. The highest BCUT2D eigenvalue weighted by atomic mass is 16.3. The van der Waals surface area contributed by atoms with E-state index in [1.807, 2.05) is 12.1 Å². The summed E-state index contributed by atoms with van der Waals surface area (Å²) in [4.78, 5) is 14.8. The van der Waals surface area contributed by atoms with Gasteiger partial charge in [-0.05, 0) is 57.0 Å².